The van der Waals surface area contributed by atoms with E-state index in [0.29, 0.717) is 0 Å². The van der Waals surface area contributed by atoms with E-state index in [1.165, 1.54) is 6.92 Å². The second-order valence-corrected chi connectivity index (χ2v) is 6.15. The van der Waals surface area contributed by atoms with Gasteiger partial charge in [-0.15, -0.1) is 0 Å². The average molecular weight is 274 g/mol. The van der Waals surface area contributed by atoms with Gasteiger partial charge in [0, 0.05) is 0 Å². The molecule has 1 aliphatic heterocycles. The Morgan fingerprint density at radius 1 is 1.17 bits per heavy atom. The second-order valence-electron chi connectivity index (χ2n) is 4.15. The molecule has 1 aliphatic rings. The number of benzene rings is 1. The minimum atomic E-state index is -3.93. The van der Waals surface area contributed by atoms with E-state index >= 15 is 0 Å². The Morgan fingerprint density at radius 3 is 2.39 bits per heavy atom. The van der Waals surface area contributed by atoms with Crippen LogP contribution in [-0.2, 0) is 9.09 Å². The minimum Gasteiger partial charge on any atom is -0.423 e. The van der Waals surface area contributed by atoms with E-state index in [2.05, 4.69) is 0 Å². The van der Waals surface area contributed by atoms with Crippen molar-refractivity contribution in [1.82, 2.24) is 0 Å². The van der Waals surface area contributed by atoms with Gasteiger partial charge in [0.2, 0.25) is 0 Å². The van der Waals surface area contributed by atoms with Gasteiger partial charge in [-0.05, 0) is 19.1 Å². The summed E-state index contributed by atoms with van der Waals surface area (Å²) < 4.78 is 22.5. The summed E-state index contributed by atoms with van der Waals surface area (Å²) >= 11 is 0. The van der Waals surface area contributed by atoms with Crippen molar-refractivity contribution in [3.8, 4) is 5.75 Å². The van der Waals surface area contributed by atoms with E-state index < -0.39 is 31.8 Å². The smallest absolute Gasteiger partial charge is 0.410 e. The third-order valence-corrected chi connectivity index (χ3v) is 4.79. The molecule has 1 aromatic carbocycles. The summed E-state index contributed by atoms with van der Waals surface area (Å²) in [5, 5.41) is 28.8. The minimum absolute atomic E-state index is 0.260. The normalized spacial score (nSPS) is 40.4. The van der Waals surface area contributed by atoms with Crippen LogP contribution in [0.15, 0.2) is 30.3 Å². The van der Waals surface area contributed by atoms with Gasteiger partial charge in [-0.1, -0.05) is 18.2 Å². The fourth-order valence-corrected chi connectivity index (χ4v) is 3.53. The van der Waals surface area contributed by atoms with Gasteiger partial charge in [-0.3, -0.25) is 4.52 Å². The lowest BCUT2D eigenvalue weighted by Gasteiger charge is -2.37. The van der Waals surface area contributed by atoms with E-state index in [-0.39, 0.29) is 5.75 Å². The zero-order valence-electron chi connectivity index (χ0n) is 9.71. The summed E-state index contributed by atoms with van der Waals surface area (Å²) in [7, 11) is -3.93. The summed E-state index contributed by atoms with van der Waals surface area (Å²) in [5.41, 5.74) is 0. The SMILES string of the molecule is C[C@@H]1OP(=O)(Oc2ccccc2)[C@H](O)[C@H](O)[C@H]1O. The van der Waals surface area contributed by atoms with Crippen molar-refractivity contribution in [2.24, 2.45) is 0 Å². The van der Waals surface area contributed by atoms with Crippen molar-refractivity contribution < 1.29 is 28.9 Å². The molecule has 1 saturated heterocycles. The van der Waals surface area contributed by atoms with Gasteiger partial charge >= 0.3 is 7.60 Å². The number of hydrogen-bond acceptors (Lipinski definition) is 6. The van der Waals surface area contributed by atoms with E-state index in [1.807, 2.05) is 0 Å². The molecule has 1 fully saturated rings. The van der Waals surface area contributed by atoms with E-state index in [0.717, 1.165) is 0 Å². The molecule has 0 saturated carbocycles. The number of para-hydroxylation sites is 1. The molecule has 0 aromatic heterocycles. The lowest BCUT2D eigenvalue weighted by molar-refractivity contribution is -0.105. The third kappa shape index (κ3) is 2.43. The predicted octanol–water partition coefficient (Wildman–Crippen LogP) is 0.717. The highest BCUT2D eigenvalue weighted by atomic mass is 31.2. The Bertz CT molecular complexity index is 450. The maximum atomic E-state index is 12.3. The van der Waals surface area contributed by atoms with Gasteiger partial charge in [-0.25, -0.2) is 4.57 Å². The summed E-state index contributed by atoms with van der Waals surface area (Å²) in [6.45, 7) is 1.45. The van der Waals surface area contributed by atoms with Crippen LogP contribution >= 0.6 is 7.60 Å². The van der Waals surface area contributed by atoms with Crippen LogP contribution in [0.5, 0.6) is 5.75 Å². The van der Waals surface area contributed by atoms with E-state index in [1.54, 1.807) is 30.3 Å². The van der Waals surface area contributed by atoms with Gasteiger partial charge in [0.05, 0.1) is 6.10 Å². The highest BCUT2D eigenvalue weighted by Crippen LogP contribution is 2.57. The third-order valence-electron chi connectivity index (χ3n) is 2.75. The van der Waals surface area contributed by atoms with Crippen LogP contribution in [0.3, 0.4) is 0 Å². The number of aliphatic hydroxyl groups is 3. The molecule has 0 aliphatic carbocycles. The number of hydrogen-bond donors (Lipinski definition) is 3. The molecule has 0 radical (unpaired) electrons. The fourth-order valence-electron chi connectivity index (χ4n) is 1.70. The monoisotopic (exact) mass is 274 g/mol. The Morgan fingerprint density at radius 2 is 1.78 bits per heavy atom. The number of aliphatic hydroxyl groups excluding tert-OH is 3. The molecule has 7 heteroatoms. The second kappa shape index (κ2) is 4.99. The fraction of sp³-hybridized carbons (Fsp3) is 0.455. The Balaban J connectivity index is 2.22. The largest absolute Gasteiger partial charge is 0.423 e. The van der Waals surface area contributed by atoms with Crippen molar-refractivity contribution in [3.63, 3.8) is 0 Å². The standard InChI is InChI=1S/C11H15O6P/c1-7-9(12)10(13)11(14)18(15,16-7)17-8-5-3-2-4-6-8/h2-7,9-14H,1H3/t7-,9-,10+,11-,18?/m0/s1. The topological polar surface area (TPSA) is 96.2 Å². The summed E-state index contributed by atoms with van der Waals surface area (Å²) in [6.07, 6.45) is -3.76. The molecular weight excluding hydrogens is 259 g/mol. The summed E-state index contributed by atoms with van der Waals surface area (Å²) in [5.74, 6) is -1.51. The molecule has 2 rings (SSSR count). The predicted molar refractivity (Wildman–Crippen MR) is 63.2 cm³/mol. The van der Waals surface area contributed by atoms with Crippen molar-refractivity contribution in [3.05, 3.63) is 30.3 Å². The van der Waals surface area contributed by atoms with Gasteiger partial charge in [0.1, 0.15) is 18.0 Å². The summed E-state index contributed by atoms with van der Waals surface area (Å²) in [4.78, 5) is 0. The first-order valence-corrected chi connectivity index (χ1v) is 7.12. The first-order chi connectivity index (χ1) is 8.44. The molecule has 18 heavy (non-hydrogen) atoms. The Hall–Kier alpha value is -0.910. The Labute approximate surface area is 104 Å². The highest BCUT2D eigenvalue weighted by Gasteiger charge is 2.51. The highest BCUT2D eigenvalue weighted by molar-refractivity contribution is 7.55. The van der Waals surface area contributed by atoms with Crippen molar-refractivity contribution in [1.29, 1.82) is 0 Å². The van der Waals surface area contributed by atoms with Crippen LogP contribution in [0.4, 0.5) is 0 Å². The molecule has 0 amide bonds. The molecule has 0 spiro atoms. The van der Waals surface area contributed by atoms with Crippen molar-refractivity contribution in [2.75, 3.05) is 0 Å². The Kier molecular flexibility index (Phi) is 3.75. The lowest BCUT2D eigenvalue weighted by atomic mass is 10.1. The molecular formula is C11H15O6P. The summed E-state index contributed by atoms with van der Waals surface area (Å²) in [6, 6.07) is 8.21. The van der Waals surface area contributed by atoms with Gasteiger partial charge < -0.3 is 19.8 Å². The van der Waals surface area contributed by atoms with Crippen molar-refractivity contribution >= 4 is 7.60 Å². The van der Waals surface area contributed by atoms with Gasteiger partial charge in [0.15, 0.2) is 5.85 Å². The molecule has 1 heterocycles. The molecule has 100 valence electrons. The zero-order valence-corrected chi connectivity index (χ0v) is 10.6. The lowest BCUT2D eigenvalue weighted by Crippen LogP contribution is -2.49. The van der Waals surface area contributed by atoms with E-state index in [4.69, 9.17) is 9.05 Å². The van der Waals surface area contributed by atoms with Gasteiger partial charge in [-0.2, -0.15) is 0 Å². The number of rotatable bonds is 2. The van der Waals surface area contributed by atoms with Crippen LogP contribution in [0, 0.1) is 0 Å². The van der Waals surface area contributed by atoms with Crippen LogP contribution in [-0.4, -0.2) is 39.5 Å². The molecule has 1 aromatic rings. The van der Waals surface area contributed by atoms with Gasteiger partial charge in [0.25, 0.3) is 0 Å². The van der Waals surface area contributed by atoms with Crippen molar-refractivity contribution in [2.45, 2.75) is 31.1 Å². The van der Waals surface area contributed by atoms with Crippen LogP contribution < -0.4 is 4.52 Å². The first kappa shape index (κ1) is 13.5. The zero-order chi connectivity index (χ0) is 13.3. The van der Waals surface area contributed by atoms with Crippen LogP contribution in [0.1, 0.15) is 6.92 Å². The van der Waals surface area contributed by atoms with Crippen LogP contribution in [0.2, 0.25) is 0 Å². The first-order valence-electron chi connectivity index (χ1n) is 5.51. The molecule has 3 N–H and O–H groups in total. The van der Waals surface area contributed by atoms with E-state index in [9.17, 15) is 19.9 Å². The average Bonchev–Trinajstić information content (AvgIpc) is 2.35. The quantitative estimate of drug-likeness (QED) is 0.688. The molecule has 1 unspecified atom stereocenters. The molecule has 0 bridgehead atoms. The van der Waals surface area contributed by atoms with Crippen LogP contribution in [0.25, 0.3) is 0 Å². The maximum Gasteiger partial charge on any atom is 0.410 e. The maximum absolute atomic E-state index is 12.3. The molecule has 6 nitrogen and oxygen atoms in total. The molecule has 5 atom stereocenters.